The molecule has 0 saturated heterocycles. The van der Waals surface area contributed by atoms with Crippen LogP contribution in [0.5, 0.6) is 11.5 Å². The molecule has 8 heteroatoms. The molecule has 0 fully saturated rings. The van der Waals surface area contributed by atoms with Crippen LogP contribution >= 0.6 is 11.6 Å². The smallest absolute Gasteiger partial charge is 0.387 e. The van der Waals surface area contributed by atoms with Crippen LogP contribution in [-0.2, 0) is 6.42 Å². The van der Waals surface area contributed by atoms with Crippen LogP contribution < -0.4 is 20.1 Å². The first-order valence-electron chi connectivity index (χ1n) is 7.40. The molecular formula is C17H17ClF2N2O3. The molecule has 0 atom stereocenters. The first-order chi connectivity index (χ1) is 12.0. The molecule has 0 bridgehead atoms. The van der Waals surface area contributed by atoms with Gasteiger partial charge in [-0.25, -0.2) is 4.79 Å². The first kappa shape index (κ1) is 18.8. The predicted molar refractivity (Wildman–Crippen MR) is 91.8 cm³/mol. The van der Waals surface area contributed by atoms with Crippen molar-refractivity contribution in [3.05, 3.63) is 53.1 Å². The Balaban J connectivity index is 1.88. The molecule has 0 saturated carbocycles. The van der Waals surface area contributed by atoms with Gasteiger partial charge in [0.15, 0.2) is 11.5 Å². The van der Waals surface area contributed by atoms with Gasteiger partial charge in [-0.3, -0.25) is 0 Å². The van der Waals surface area contributed by atoms with Crippen molar-refractivity contribution in [3.8, 4) is 11.5 Å². The number of halogens is 3. The molecule has 0 radical (unpaired) electrons. The van der Waals surface area contributed by atoms with Gasteiger partial charge < -0.3 is 20.1 Å². The third kappa shape index (κ3) is 6.11. The number of carbonyl (C=O) groups is 1. The van der Waals surface area contributed by atoms with E-state index in [1.165, 1.54) is 25.3 Å². The van der Waals surface area contributed by atoms with E-state index in [0.29, 0.717) is 23.7 Å². The average molecular weight is 371 g/mol. The van der Waals surface area contributed by atoms with Crippen LogP contribution in [0.15, 0.2) is 42.5 Å². The number of alkyl halides is 2. The van der Waals surface area contributed by atoms with Crippen LogP contribution in [0.1, 0.15) is 5.56 Å². The van der Waals surface area contributed by atoms with Crippen LogP contribution in [0.4, 0.5) is 19.3 Å². The van der Waals surface area contributed by atoms with Crippen molar-refractivity contribution < 1.29 is 23.0 Å². The van der Waals surface area contributed by atoms with E-state index >= 15 is 0 Å². The molecule has 134 valence electrons. The zero-order chi connectivity index (χ0) is 18.2. The van der Waals surface area contributed by atoms with E-state index in [9.17, 15) is 13.6 Å². The van der Waals surface area contributed by atoms with Gasteiger partial charge in [0.2, 0.25) is 0 Å². The minimum atomic E-state index is -2.99. The van der Waals surface area contributed by atoms with Crippen molar-refractivity contribution in [1.29, 1.82) is 0 Å². The lowest BCUT2D eigenvalue weighted by molar-refractivity contribution is -0.0511. The number of amides is 2. The molecule has 2 N–H and O–H groups in total. The van der Waals surface area contributed by atoms with Gasteiger partial charge >= 0.3 is 12.6 Å². The van der Waals surface area contributed by atoms with Gasteiger partial charge in [0.25, 0.3) is 0 Å². The van der Waals surface area contributed by atoms with Crippen molar-refractivity contribution >= 4 is 23.3 Å². The molecule has 0 aliphatic heterocycles. The Labute approximate surface area is 148 Å². The molecule has 0 aromatic heterocycles. The van der Waals surface area contributed by atoms with Gasteiger partial charge in [-0.05, 0) is 36.2 Å². The summed E-state index contributed by atoms with van der Waals surface area (Å²) in [5.41, 5.74) is 1.34. The zero-order valence-electron chi connectivity index (χ0n) is 13.4. The van der Waals surface area contributed by atoms with Gasteiger partial charge in [-0.15, -0.1) is 0 Å². The fraction of sp³-hybridized carbons (Fsp3) is 0.235. The third-order valence-electron chi connectivity index (χ3n) is 3.25. The van der Waals surface area contributed by atoms with E-state index in [1.54, 1.807) is 12.1 Å². The summed E-state index contributed by atoms with van der Waals surface area (Å²) in [5, 5.41) is 5.88. The molecule has 0 spiro atoms. The third-order valence-corrected chi connectivity index (χ3v) is 3.50. The number of urea groups is 1. The Hall–Kier alpha value is -2.54. The number of ether oxygens (including phenoxy) is 2. The van der Waals surface area contributed by atoms with Crippen molar-refractivity contribution in [2.24, 2.45) is 0 Å². The zero-order valence-corrected chi connectivity index (χ0v) is 14.1. The lowest BCUT2D eigenvalue weighted by Gasteiger charge is -2.12. The van der Waals surface area contributed by atoms with E-state index in [-0.39, 0.29) is 11.5 Å². The maximum Gasteiger partial charge on any atom is 0.387 e. The minimum absolute atomic E-state index is 0.147. The second-order valence-corrected chi connectivity index (χ2v) is 5.44. The normalized spacial score (nSPS) is 10.4. The Morgan fingerprint density at radius 2 is 1.88 bits per heavy atom. The number of hydrogen-bond donors (Lipinski definition) is 2. The summed E-state index contributed by atoms with van der Waals surface area (Å²) >= 11 is 5.81. The van der Waals surface area contributed by atoms with Gasteiger partial charge in [0, 0.05) is 23.3 Å². The topological polar surface area (TPSA) is 59.6 Å². The van der Waals surface area contributed by atoms with Crippen LogP contribution in [0.2, 0.25) is 5.02 Å². The molecule has 2 aromatic carbocycles. The van der Waals surface area contributed by atoms with Crippen molar-refractivity contribution in [3.63, 3.8) is 0 Å². The summed E-state index contributed by atoms with van der Waals surface area (Å²) in [7, 11) is 1.34. The number of nitrogens with one attached hydrogen (secondary N) is 2. The van der Waals surface area contributed by atoms with Gasteiger partial charge in [-0.1, -0.05) is 23.7 Å². The van der Waals surface area contributed by atoms with E-state index < -0.39 is 12.6 Å². The Kier molecular flexibility index (Phi) is 6.82. The van der Waals surface area contributed by atoms with Crippen LogP contribution in [0.3, 0.4) is 0 Å². The van der Waals surface area contributed by atoms with Gasteiger partial charge in [0.1, 0.15) is 0 Å². The highest BCUT2D eigenvalue weighted by Crippen LogP contribution is 2.31. The second kappa shape index (κ2) is 9.08. The highest BCUT2D eigenvalue weighted by atomic mass is 35.5. The van der Waals surface area contributed by atoms with E-state index in [4.69, 9.17) is 16.3 Å². The number of carbonyl (C=O) groups excluding carboxylic acids is 1. The molecular weight excluding hydrogens is 354 g/mol. The maximum atomic E-state index is 12.4. The highest BCUT2D eigenvalue weighted by Gasteiger charge is 2.12. The molecule has 0 heterocycles. The number of methoxy groups -OCH3 is 1. The van der Waals surface area contributed by atoms with Crippen LogP contribution in [-0.4, -0.2) is 26.3 Å². The molecule has 2 aromatic rings. The summed E-state index contributed by atoms with van der Waals surface area (Å²) in [5.74, 6) is -0.00883. The fourth-order valence-corrected chi connectivity index (χ4v) is 2.22. The van der Waals surface area contributed by atoms with E-state index in [1.807, 2.05) is 12.1 Å². The predicted octanol–water partition coefficient (Wildman–Crippen LogP) is 4.31. The maximum absolute atomic E-state index is 12.4. The largest absolute Gasteiger partial charge is 0.493 e. The summed E-state index contributed by atoms with van der Waals surface area (Å²) in [6.45, 7) is -2.58. The van der Waals surface area contributed by atoms with Gasteiger partial charge in [0.05, 0.1) is 7.11 Å². The van der Waals surface area contributed by atoms with E-state index in [0.717, 1.165) is 5.56 Å². The molecule has 0 unspecified atom stereocenters. The molecule has 25 heavy (non-hydrogen) atoms. The minimum Gasteiger partial charge on any atom is -0.493 e. The lowest BCUT2D eigenvalue weighted by Crippen LogP contribution is -2.30. The molecule has 5 nitrogen and oxygen atoms in total. The molecule has 0 aliphatic rings. The monoisotopic (exact) mass is 370 g/mol. The highest BCUT2D eigenvalue weighted by molar-refractivity contribution is 6.30. The lowest BCUT2D eigenvalue weighted by atomic mass is 10.1. The SMILES string of the molecule is COc1ccc(NC(=O)NCCc2ccc(Cl)cc2)cc1OC(F)F. The van der Waals surface area contributed by atoms with Crippen molar-refractivity contribution in [2.45, 2.75) is 13.0 Å². The molecule has 2 rings (SSSR count). The summed E-state index contributed by atoms with van der Waals surface area (Å²) in [4.78, 5) is 11.9. The standard InChI is InChI=1S/C17H17ClF2N2O3/c1-24-14-7-6-13(10-15(14)25-16(19)20)22-17(23)21-9-8-11-2-4-12(18)5-3-11/h2-7,10,16H,8-9H2,1H3,(H2,21,22,23). The second-order valence-electron chi connectivity index (χ2n) is 5.00. The van der Waals surface area contributed by atoms with Crippen LogP contribution in [0.25, 0.3) is 0 Å². The Morgan fingerprint density at radius 3 is 2.52 bits per heavy atom. The van der Waals surface area contributed by atoms with Crippen molar-refractivity contribution in [2.75, 3.05) is 19.0 Å². The molecule has 0 aliphatic carbocycles. The average Bonchev–Trinajstić information content (AvgIpc) is 2.56. The summed E-state index contributed by atoms with van der Waals surface area (Å²) in [6, 6.07) is 11.1. The first-order valence-corrected chi connectivity index (χ1v) is 7.78. The Morgan fingerprint density at radius 1 is 1.16 bits per heavy atom. The number of hydrogen-bond acceptors (Lipinski definition) is 3. The van der Waals surface area contributed by atoms with Gasteiger partial charge in [-0.2, -0.15) is 8.78 Å². The number of benzene rings is 2. The quantitative estimate of drug-likeness (QED) is 0.763. The summed E-state index contributed by atoms with van der Waals surface area (Å²) in [6.07, 6.45) is 0.632. The summed E-state index contributed by atoms with van der Waals surface area (Å²) < 4.78 is 34.1. The van der Waals surface area contributed by atoms with E-state index in [2.05, 4.69) is 15.4 Å². The fourth-order valence-electron chi connectivity index (χ4n) is 2.09. The van der Waals surface area contributed by atoms with Crippen LogP contribution in [0, 0.1) is 0 Å². The van der Waals surface area contributed by atoms with Crippen molar-refractivity contribution in [1.82, 2.24) is 5.32 Å². The number of rotatable bonds is 7. The Bertz CT molecular complexity index is 712. The number of anilines is 1. The molecule has 2 amide bonds.